The molecule has 0 unspecified atom stereocenters. The predicted octanol–water partition coefficient (Wildman–Crippen LogP) is 3.77. The molecule has 0 saturated carbocycles. The standard InChI is InChI=1S/C18H16N4O2/c1-13-4-10-17(22-21-13)19-14-5-7-15(8-6-14)20-18(23)11-9-16-3-2-12-24-16/h2-12H,1H3,(H,19,22)(H,20,23)/b11-9+. The number of aryl methyl sites for hydroxylation is 1. The first-order chi connectivity index (χ1) is 11.7. The second kappa shape index (κ2) is 7.23. The summed E-state index contributed by atoms with van der Waals surface area (Å²) in [6.07, 6.45) is 4.59. The van der Waals surface area contributed by atoms with E-state index in [0.717, 1.165) is 11.4 Å². The highest BCUT2D eigenvalue weighted by atomic mass is 16.3. The van der Waals surface area contributed by atoms with Crippen LogP contribution in [0.4, 0.5) is 17.2 Å². The van der Waals surface area contributed by atoms with Crippen molar-refractivity contribution >= 4 is 29.2 Å². The Morgan fingerprint density at radius 2 is 1.83 bits per heavy atom. The molecule has 0 fully saturated rings. The third-order valence-corrected chi connectivity index (χ3v) is 3.16. The van der Waals surface area contributed by atoms with E-state index in [0.29, 0.717) is 17.3 Å². The van der Waals surface area contributed by atoms with Crippen LogP contribution in [0.2, 0.25) is 0 Å². The van der Waals surface area contributed by atoms with Gasteiger partial charge < -0.3 is 15.1 Å². The maximum Gasteiger partial charge on any atom is 0.248 e. The molecule has 1 aromatic carbocycles. The highest BCUT2D eigenvalue weighted by Crippen LogP contribution is 2.17. The fourth-order valence-corrected chi connectivity index (χ4v) is 1.98. The Bertz CT molecular complexity index is 822. The second-order valence-electron chi connectivity index (χ2n) is 5.10. The summed E-state index contributed by atoms with van der Waals surface area (Å²) in [5.74, 6) is 1.07. The minimum Gasteiger partial charge on any atom is -0.465 e. The van der Waals surface area contributed by atoms with Gasteiger partial charge >= 0.3 is 0 Å². The molecule has 1 amide bonds. The molecule has 24 heavy (non-hydrogen) atoms. The van der Waals surface area contributed by atoms with Crippen molar-refractivity contribution in [2.75, 3.05) is 10.6 Å². The van der Waals surface area contributed by atoms with Crippen LogP contribution in [0.15, 0.2) is 65.3 Å². The van der Waals surface area contributed by atoms with Gasteiger partial charge in [-0.25, -0.2) is 0 Å². The SMILES string of the molecule is Cc1ccc(Nc2ccc(NC(=O)/C=C/c3ccco3)cc2)nn1. The van der Waals surface area contributed by atoms with E-state index in [1.165, 1.54) is 6.08 Å². The normalized spacial score (nSPS) is 10.7. The summed E-state index contributed by atoms with van der Waals surface area (Å²) in [5.41, 5.74) is 2.42. The van der Waals surface area contributed by atoms with E-state index in [4.69, 9.17) is 4.42 Å². The predicted molar refractivity (Wildman–Crippen MR) is 92.9 cm³/mol. The molecule has 0 bridgehead atoms. The topological polar surface area (TPSA) is 80.0 Å². The van der Waals surface area contributed by atoms with Gasteiger partial charge in [-0.1, -0.05) is 0 Å². The molecule has 0 radical (unpaired) electrons. The molecular weight excluding hydrogens is 304 g/mol. The lowest BCUT2D eigenvalue weighted by atomic mass is 10.2. The third kappa shape index (κ3) is 4.30. The Morgan fingerprint density at radius 1 is 1.04 bits per heavy atom. The van der Waals surface area contributed by atoms with E-state index < -0.39 is 0 Å². The second-order valence-corrected chi connectivity index (χ2v) is 5.10. The van der Waals surface area contributed by atoms with Gasteiger partial charge in [-0.05, 0) is 61.5 Å². The van der Waals surface area contributed by atoms with E-state index in [1.54, 1.807) is 24.5 Å². The van der Waals surface area contributed by atoms with Crippen LogP contribution in [0.3, 0.4) is 0 Å². The van der Waals surface area contributed by atoms with Crippen LogP contribution in [0, 0.1) is 6.92 Å². The zero-order valence-corrected chi connectivity index (χ0v) is 13.1. The molecule has 120 valence electrons. The average molecular weight is 320 g/mol. The van der Waals surface area contributed by atoms with Crippen LogP contribution in [-0.4, -0.2) is 16.1 Å². The Hall–Kier alpha value is -3.41. The summed E-state index contributed by atoms with van der Waals surface area (Å²) in [6.45, 7) is 1.88. The van der Waals surface area contributed by atoms with E-state index in [2.05, 4.69) is 20.8 Å². The van der Waals surface area contributed by atoms with Gasteiger partial charge in [-0.3, -0.25) is 4.79 Å². The maximum atomic E-state index is 11.8. The van der Waals surface area contributed by atoms with E-state index in [-0.39, 0.29) is 5.91 Å². The van der Waals surface area contributed by atoms with Gasteiger partial charge in [0, 0.05) is 17.5 Å². The number of amides is 1. The number of anilines is 3. The van der Waals surface area contributed by atoms with Gasteiger partial charge in [-0.2, -0.15) is 5.10 Å². The van der Waals surface area contributed by atoms with Gasteiger partial charge in [0.05, 0.1) is 12.0 Å². The van der Waals surface area contributed by atoms with Crippen LogP contribution in [0.1, 0.15) is 11.5 Å². The first kappa shape index (κ1) is 15.5. The quantitative estimate of drug-likeness (QED) is 0.699. The number of benzene rings is 1. The highest BCUT2D eigenvalue weighted by Gasteiger charge is 2.00. The average Bonchev–Trinajstić information content (AvgIpc) is 3.10. The maximum absolute atomic E-state index is 11.8. The molecule has 0 aliphatic carbocycles. The number of carbonyl (C=O) groups excluding carboxylic acids is 1. The summed E-state index contributed by atoms with van der Waals surface area (Å²) in [7, 11) is 0. The molecule has 0 spiro atoms. The number of hydrogen-bond donors (Lipinski definition) is 2. The van der Waals surface area contributed by atoms with E-state index in [1.807, 2.05) is 43.3 Å². The lowest BCUT2D eigenvalue weighted by molar-refractivity contribution is -0.111. The number of nitrogens with zero attached hydrogens (tertiary/aromatic N) is 2. The van der Waals surface area contributed by atoms with Crippen molar-refractivity contribution in [3.05, 3.63) is 72.3 Å². The summed E-state index contributed by atoms with van der Waals surface area (Å²) >= 11 is 0. The van der Waals surface area contributed by atoms with E-state index >= 15 is 0 Å². The molecule has 0 atom stereocenters. The van der Waals surface area contributed by atoms with Crippen LogP contribution in [0.25, 0.3) is 6.08 Å². The van der Waals surface area contributed by atoms with Gasteiger partial charge in [0.1, 0.15) is 5.76 Å². The van der Waals surface area contributed by atoms with Gasteiger partial charge in [0.2, 0.25) is 5.91 Å². The van der Waals surface area contributed by atoms with Crippen LogP contribution < -0.4 is 10.6 Å². The van der Waals surface area contributed by atoms with Crippen molar-refractivity contribution in [1.29, 1.82) is 0 Å². The largest absolute Gasteiger partial charge is 0.465 e. The fraction of sp³-hybridized carbons (Fsp3) is 0.0556. The van der Waals surface area contributed by atoms with Gasteiger partial charge in [0.25, 0.3) is 0 Å². The van der Waals surface area contributed by atoms with Gasteiger partial charge in [0.15, 0.2) is 5.82 Å². The third-order valence-electron chi connectivity index (χ3n) is 3.16. The smallest absolute Gasteiger partial charge is 0.248 e. The first-order valence-electron chi connectivity index (χ1n) is 7.39. The minimum absolute atomic E-state index is 0.225. The molecule has 6 nitrogen and oxygen atoms in total. The highest BCUT2D eigenvalue weighted by molar-refractivity contribution is 6.01. The molecule has 6 heteroatoms. The zero-order valence-electron chi connectivity index (χ0n) is 13.1. The number of nitrogens with one attached hydrogen (secondary N) is 2. The molecular formula is C18H16N4O2. The van der Waals surface area contributed by atoms with Crippen molar-refractivity contribution < 1.29 is 9.21 Å². The minimum atomic E-state index is -0.225. The Kier molecular flexibility index (Phi) is 4.67. The Balaban J connectivity index is 1.58. The number of aromatic nitrogens is 2. The number of carbonyl (C=O) groups is 1. The van der Waals surface area contributed by atoms with Gasteiger partial charge in [-0.15, -0.1) is 5.10 Å². The first-order valence-corrected chi connectivity index (χ1v) is 7.39. The van der Waals surface area contributed by atoms with Crippen molar-refractivity contribution in [2.45, 2.75) is 6.92 Å². The summed E-state index contributed by atoms with van der Waals surface area (Å²) < 4.78 is 5.13. The molecule has 0 aliphatic heterocycles. The summed E-state index contributed by atoms with van der Waals surface area (Å²) in [5, 5.41) is 14.0. The molecule has 3 rings (SSSR count). The Labute approximate surface area is 139 Å². The molecule has 2 heterocycles. The molecule has 0 saturated heterocycles. The van der Waals surface area contributed by atoms with E-state index in [9.17, 15) is 4.79 Å². The van der Waals surface area contributed by atoms with Crippen molar-refractivity contribution in [3.8, 4) is 0 Å². The van der Waals surface area contributed by atoms with Crippen molar-refractivity contribution in [1.82, 2.24) is 10.2 Å². The lowest BCUT2D eigenvalue weighted by Crippen LogP contribution is -2.07. The van der Waals surface area contributed by atoms with Crippen LogP contribution >= 0.6 is 0 Å². The monoisotopic (exact) mass is 320 g/mol. The van der Waals surface area contributed by atoms with Crippen LogP contribution in [0.5, 0.6) is 0 Å². The van der Waals surface area contributed by atoms with Crippen LogP contribution in [-0.2, 0) is 4.79 Å². The van der Waals surface area contributed by atoms with Crippen molar-refractivity contribution in [3.63, 3.8) is 0 Å². The zero-order chi connectivity index (χ0) is 16.8. The summed E-state index contributed by atoms with van der Waals surface area (Å²) in [6, 6.07) is 14.6. The summed E-state index contributed by atoms with van der Waals surface area (Å²) in [4.78, 5) is 11.8. The lowest BCUT2D eigenvalue weighted by Gasteiger charge is -2.07. The van der Waals surface area contributed by atoms with Crippen molar-refractivity contribution in [2.24, 2.45) is 0 Å². The molecule has 3 aromatic rings. The Morgan fingerprint density at radius 3 is 2.50 bits per heavy atom. The number of hydrogen-bond acceptors (Lipinski definition) is 5. The molecule has 0 aliphatic rings. The molecule has 2 N–H and O–H groups in total. The fourth-order valence-electron chi connectivity index (χ4n) is 1.98. The number of rotatable bonds is 5. The number of furan rings is 1. The molecule has 2 aromatic heterocycles.